The van der Waals surface area contributed by atoms with E-state index >= 15 is 0 Å². The van der Waals surface area contributed by atoms with E-state index in [1.807, 2.05) is 86.6 Å². The Morgan fingerprint density at radius 2 is 1.68 bits per heavy atom. The highest BCUT2D eigenvalue weighted by Gasteiger charge is 2.18. The van der Waals surface area contributed by atoms with Crippen LogP contribution in [0.1, 0.15) is 48.9 Å². The monoisotopic (exact) mass is 609 g/mol. The van der Waals surface area contributed by atoms with E-state index in [4.69, 9.17) is 19.6 Å². The Hall–Kier alpha value is -4.23. The molecule has 0 amide bonds. The van der Waals surface area contributed by atoms with Crippen molar-refractivity contribution in [2.75, 3.05) is 6.61 Å². The largest absolute Gasteiger partial charge is 0.494 e. The second-order valence-electron chi connectivity index (χ2n) is 10.1. The summed E-state index contributed by atoms with van der Waals surface area (Å²) in [7, 11) is 0. The summed E-state index contributed by atoms with van der Waals surface area (Å²) < 4.78 is 14.5. The molecule has 1 heterocycles. The summed E-state index contributed by atoms with van der Waals surface area (Å²) in [4.78, 5) is 18.8. The molecule has 0 spiro atoms. The van der Waals surface area contributed by atoms with Crippen LogP contribution >= 0.6 is 15.9 Å². The topological polar surface area (TPSA) is 65.7 Å². The van der Waals surface area contributed by atoms with Gasteiger partial charge >= 0.3 is 0 Å². The molecule has 5 aromatic rings. The molecule has 0 aliphatic heterocycles. The van der Waals surface area contributed by atoms with Crippen LogP contribution in [-0.2, 0) is 6.61 Å². The molecule has 7 heteroatoms. The molecular weight excluding hydrogens is 578 g/mol. The van der Waals surface area contributed by atoms with Gasteiger partial charge in [-0.2, -0.15) is 9.78 Å². The van der Waals surface area contributed by atoms with Crippen LogP contribution in [0, 0.1) is 6.92 Å². The molecular formula is C34H32BrN3O3. The molecule has 0 aliphatic rings. The number of hydrogen-bond acceptors (Lipinski definition) is 5. The van der Waals surface area contributed by atoms with Crippen LogP contribution in [0.15, 0.2) is 99.3 Å². The minimum Gasteiger partial charge on any atom is -0.494 e. The van der Waals surface area contributed by atoms with E-state index in [0.717, 1.165) is 38.0 Å². The Morgan fingerprint density at radius 1 is 0.951 bits per heavy atom. The maximum absolute atomic E-state index is 13.8. The van der Waals surface area contributed by atoms with Gasteiger partial charge in [-0.05, 0) is 85.0 Å². The van der Waals surface area contributed by atoms with Crippen molar-refractivity contribution in [3.05, 3.63) is 122 Å². The SMILES string of the molecule is CCOc1cc(C)c(-c2nc3ccccc3c(=O)n2N=Cc2ccccc2OCc2ccc(Br)cc2)cc1C(C)C. The zero-order valence-corrected chi connectivity index (χ0v) is 25.2. The van der Waals surface area contributed by atoms with Crippen LogP contribution in [0.2, 0.25) is 0 Å². The summed E-state index contributed by atoms with van der Waals surface area (Å²) in [5.41, 5.74) is 5.01. The third-order valence-electron chi connectivity index (χ3n) is 6.81. The number of aromatic nitrogens is 2. The summed E-state index contributed by atoms with van der Waals surface area (Å²) in [6.45, 7) is 9.21. The van der Waals surface area contributed by atoms with Crippen LogP contribution < -0.4 is 15.0 Å². The van der Waals surface area contributed by atoms with Crippen molar-refractivity contribution in [3.63, 3.8) is 0 Å². The fraction of sp³-hybridized carbons (Fsp3) is 0.206. The maximum Gasteiger partial charge on any atom is 0.282 e. The normalized spacial score (nSPS) is 11.5. The summed E-state index contributed by atoms with van der Waals surface area (Å²) in [5, 5.41) is 5.20. The predicted octanol–water partition coefficient (Wildman–Crippen LogP) is 8.12. The second-order valence-corrected chi connectivity index (χ2v) is 11.0. The zero-order valence-electron chi connectivity index (χ0n) is 23.6. The van der Waals surface area contributed by atoms with Crippen LogP contribution in [0.25, 0.3) is 22.3 Å². The van der Waals surface area contributed by atoms with E-state index in [0.29, 0.717) is 35.7 Å². The highest BCUT2D eigenvalue weighted by Crippen LogP contribution is 2.34. The van der Waals surface area contributed by atoms with Gasteiger partial charge in [0.2, 0.25) is 0 Å². The molecule has 0 radical (unpaired) electrons. The van der Waals surface area contributed by atoms with Crippen LogP contribution in [-0.4, -0.2) is 22.5 Å². The highest BCUT2D eigenvalue weighted by atomic mass is 79.9. The Balaban J connectivity index is 1.60. The van der Waals surface area contributed by atoms with Gasteiger partial charge < -0.3 is 9.47 Å². The fourth-order valence-electron chi connectivity index (χ4n) is 4.66. The van der Waals surface area contributed by atoms with Gasteiger partial charge in [-0.3, -0.25) is 4.79 Å². The third-order valence-corrected chi connectivity index (χ3v) is 7.34. The molecule has 4 aromatic carbocycles. The van der Waals surface area contributed by atoms with Gasteiger partial charge in [0.15, 0.2) is 5.82 Å². The van der Waals surface area contributed by atoms with Gasteiger partial charge in [-0.25, -0.2) is 4.98 Å². The molecule has 208 valence electrons. The standard InChI is InChI=1S/C34H32BrN3O3/c1-5-40-32-18-23(4)29(19-28(32)22(2)3)33-37-30-12-8-7-11-27(30)34(39)38(33)36-20-25-10-6-9-13-31(25)41-21-24-14-16-26(35)17-15-24/h6-20,22H,5,21H2,1-4H3. The number of hydrogen-bond donors (Lipinski definition) is 0. The fourth-order valence-corrected chi connectivity index (χ4v) is 4.92. The lowest BCUT2D eigenvalue weighted by Crippen LogP contribution is -2.21. The van der Waals surface area contributed by atoms with Crippen molar-refractivity contribution in [2.24, 2.45) is 5.10 Å². The first kappa shape index (κ1) is 28.3. The number of aryl methyl sites for hydroxylation is 1. The number of fused-ring (bicyclic) bond motifs is 1. The first-order valence-electron chi connectivity index (χ1n) is 13.7. The molecule has 0 atom stereocenters. The van der Waals surface area contributed by atoms with Gasteiger partial charge in [0.05, 0.1) is 23.7 Å². The Morgan fingerprint density at radius 3 is 2.44 bits per heavy atom. The lowest BCUT2D eigenvalue weighted by Gasteiger charge is -2.18. The van der Waals surface area contributed by atoms with Crippen molar-refractivity contribution in [1.29, 1.82) is 0 Å². The molecule has 6 nitrogen and oxygen atoms in total. The lowest BCUT2D eigenvalue weighted by atomic mass is 9.96. The summed E-state index contributed by atoms with van der Waals surface area (Å²) >= 11 is 3.47. The Kier molecular flexibility index (Phi) is 8.64. The van der Waals surface area contributed by atoms with Crippen molar-refractivity contribution in [3.8, 4) is 22.9 Å². The van der Waals surface area contributed by atoms with Crippen molar-refractivity contribution in [1.82, 2.24) is 9.66 Å². The first-order chi connectivity index (χ1) is 19.9. The van der Waals surface area contributed by atoms with E-state index < -0.39 is 0 Å². The minimum atomic E-state index is -0.241. The zero-order chi connectivity index (χ0) is 28.9. The van der Waals surface area contributed by atoms with E-state index in [2.05, 4.69) is 35.8 Å². The smallest absolute Gasteiger partial charge is 0.282 e. The molecule has 0 aliphatic carbocycles. The summed E-state index contributed by atoms with van der Waals surface area (Å²) in [6, 6.07) is 27.1. The summed E-state index contributed by atoms with van der Waals surface area (Å²) in [5.74, 6) is 2.20. The number of para-hydroxylation sites is 2. The van der Waals surface area contributed by atoms with Gasteiger partial charge in [-0.15, -0.1) is 0 Å². The van der Waals surface area contributed by atoms with E-state index in [-0.39, 0.29) is 11.5 Å². The van der Waals surface area contributed by atoms with Gasteiger partial charge in [0, 0.05) is 15.6 Å². The van der Waals surface area contributed by atoms with Crippen molar-refractivity contribution >= 4 is 33.0 Å². The predicted molar refractivity (Wildman–Crippen MR) is 169 cm³/mol. The second kappa shape index (κ2) is 12.5. The molecule has 0 saturated heterocycles. The van der Waals surface area contributed by atoms with Crippen LogP contribution in [0.4, 0.5) is 0 Å². The van der Waals surface area contributed by atoms with Crippen LogP contribution in [0.3, 0.4) is 0 Å². The average molecular weight is 611 g/mol. The van der Waals surface area contributed by atoms with Crippen LogP contribution in [0.5, 0.6) is 11.5 Å². The molecule has 0 unspecified atom stereocenters. The highest BCUT2D eigenvalue weighted by molar-refractivity contribution is 9.10. The van der Waals surface area contributed by atoms with E-state index in [1.165, 1.54) is 4.68 Å². The van der Waals surface area contributed by atoms with Gasteiger partial charge in [-0.1, -0.05) is 66.2 Å². The molecule has 0 bridgehead atoms. The lowest BCUT2D eigenvalue weighted by molar-refractivity contribution is 0.306. The van der Waals surface area contributed by atoms with Gasteiger partial charge in [0.1, 0.15) is 18.1 Å². The molecule has 0 saturated carbocycles. The first-order valence-corrected chi connectivity index (χ1v) is 14.4. The Labute approximate surface area is 248 Å². The van der Waals surface area contributed by atoms with Gasteiger partial charge in [0.25, 0.3) is 5.56 Å². The number of ether oxygens (including phenoxy) is 2. The number of halogens is 1. The molecule has 41 heavy (non-hydrogen) atoms. The third kappa shape index (κ3) is 6.25. The molecule has 5 rings (SSSR count). The maximum atomic E-state index is 13.8. The van der Waals surface area contributed by atoms with E-state index in [1.54, 1.807) is 12.3 Å². The van der Waals surface area contributed by atoms with Crippen molar-refractivity contribution < 1.29 is 9.47 Å². The number of rotatable bonds is 9. The molecule has 0 N–H and O–H groups in total. The van der Waals surface area contributed by atoms with Crippen molar-refractivity contribution in [2.45, 2.75) is 40.2 Å². The Bertz CT molecular complexity index is 1780. The molecule has 0 fully saturated rings. The average Bonchev–Trinajstić information content (AvgIpc) is 2.97. The molecule has 1 aromatic heterocycles. The quantitative estimate of drug-likeness (QED) is 0.158. The number of benzene rings is 4. The number of nitrogens with zero attached hydrogens (tertiary/aromatic N) is 3. The summed E-state index contributed by atoms with van der Waals surface area (Å²) in [6.07, 6.45) is 1.66. The minimum absolute atomic E-state index is 0.217. The van der Waals surface area contributed by atoms with E-state index in [9.17, 15) is 4.79 Å².